The maximum Gasteiger partial charge on any atom is 0.328 e. The highest BCUT2D eigenvalue weighted by Gasteiger charge is 2.20. The van der Waals surface area contributed by atoms with Gasteiger partial charge in [0.1, 0.15) is 6.54 Å². The van der Waals surface area contributed by atoms with E-state index >= 15 is 0 Å². The smallest absolute Gasteiger partial charge is 0.328 e. The Morgan fingerprint density at radius 1 is 1.30 bits per heavy atom. The highest BCUT2D eigenvalue weighted by molar-refractivity contribution is 5.69. The molecule has 2 heterocycles. The Balaban J connectivity index is 1.65. The average molecular weight is 371 g/mol. The van der Waals surface area contributed by atoms with E-state index in [0.29, 0.717) is 5.56 Å². The summed E-state index contributed by atoms with van der Waals surface area (Å²) < 4.78 is 12.4. The molecule has 2 aromatic heterocycles. The van der Waals surface area contributed by atoms with Crippen molar-refractivity contribution in [2.45, 2.75) is 33.4 Å². The van der Waals surface area contributed by atoms with Gasteiger partial charge in [0.05, 0.1) is 10.6 Å². The Morgan fingerprint density at radius 2 is 2.00 bits per heavy atom. The fourth-order valence-corrected chi connectivity index (χ4v) is 2.48. The van der Waals surface area contributed by atoms with Crippen molar-refractivity contribution in [3.8, 4) is 11.5 Å². The van der Waals surface area contributed by atoms with Gasteiger partial charge in [-0.1, -0.05) is 0 Å². The highest BCUT2D eigenvalue weighted by Crippen LogP contribution is 2.24. The van der Waals surface area contributed by atoms with Crippen LogP contribution in [0.15, 0.2) is 34.7 Å². The number of carbonyl (C=O) groups excluding carboxylic acids is 1. The van der Waals surface area contributed by atoms with Crippen molar-refractivity contribution in [3.05, 3.63) is 57.7 Å². The Morgan fingerprint density at radius 3 is 2.59 bits per heavy atom. The normalized spacial score (nSPS) is 12.0. The lowest BCUT2D eigenvalue weighted by molar-refractivity contribution is -0.384. The largest absolute Gasteiger partial charge is 0.451 e. The molecule has 0 aliphatic rings. The van der Waals surface area contributed by atoms with Crippen LogP contribution >= 0.6 is 0 Å². The number of hydrogen-bond donors (Lipinski definition) is 0. The van der Waals surface area contributed by atoms with Crippen LogP contribution in [0.25, 0.3) is 11.5 Å². The van der Waals surface area contributed by atoms with Crippen LogP contribution in [0.2, 0.25) is 0 Å². The third kappa shape index (κ3) is 4.17. The van der Waals surface area contributed by atoms with E-state index in [2.05, 4.69) is 15.3 Å². The van der Waals surface area contributed by atoms with Crippen LogP contribution in [-0.4, -0.2) is 30.9 Å². The molecule has 0 amide bonds. The Bertz CT molecular complexity index is 976. The number of aryl methyl sites for hydroxylation is 2. The molecule has 27 heavy (non-hydrogen) atoms. The van der Waals surface area contributed by atoms with Gasteiger partial charge in [-0.05, 0) is 39.0 Å². The minimum Gasteiger partial charge on any atom is -0.451 e. The summed E-state index contributed by atoms with van der Waals surface area (Å²) in [5, 5.41) is 22.7. The lowest BCUT2D eigenvalue weighted by Gasteiger charge is -2.10. The van der Waals surface area contributed by atoms with E-state index in [9.17, 15) is 14.9 Å². The number of non-ortho nitro benzene ring substituents is 1. The van der Waals surface area contributed by atoms with Gasteiger partial charge in [0, 0.05) is 23.4 Å². The van der Waals surface area contributed by atoms with Gasteiger partial charge in [0.25, 0.3) is 11.6 Å². The number of benzene rings is 1. The van der Waals surface area contributed by atoms with Crippen LogP contribution in [0, 0.1) is 24.0 Å². The molecular weight excluding hydrogens is 354 g/mol. The number of nitrogens with zero attached hydrogens (tertiary/aromatic N) is 5. The topological polar surface area (TPSA) is 126 Å². The second-order valence-corrected chi connectivity index (χ2v) is 5.97. The first-order chi connectivity index (χ1) is 12.8. The van der Waals surface area contributed by atoms with E-state index < -0.39 is 17.0 Å². The lowest BCUT2D eigenvalue weighted by Crippen LogP contribution is -2.17. The molecule has 0 N–H and O–H groups in total. The first-order valence-corrected chi connectivity index (χ1v) is 8.12. The van der Waals surface area contributed by atoms with Crippen LogP contribution in [0.1, 0.15) is 30.3 Å². The zero-order chi connectivity index (χ0) is 19.6. The highest BCUT2D eigenvalue weighted by atomic mass is 16.6. The van der Waals surface area contributed by atoms with Gasteiger partial charge >= 0.3 is 5.97 Å². The first kappa shape index (κ1) is 18.2. The van der Waals surface area contributed by atoms with E-state index in [-0.39, 0.29) is 24.0 Å². The van der Waals surface area contributed by atoms with Crippen molar-refractivity contribution >= 4 is 11.7 Å². The molecule has 0 bridgehead atoms. The number of nitro groups is 1. The van der Waals surface area contributed by atoms with Gasteiger partial charge < -0.3 is 9.15 Å². The van der Waals surface area contributed by atoms with Crippen LogP contribution in [0.5, 0.6) is 0 Å². The molecule has 0 aliphatic heterocycles. The van der Waals surface area contributed by atoms with Crippen molar-refractivity contribution in [1.29, 1.82) is 0 Å². The maximum absolute atomic E-state index is 12.1. The summed E-state index contributed by atoms with van der Waals surface area (Å²) in [5.41, 5.74) is 2.17. The molecule has 0 fully saturated rings. The number of esters is 1. The number of hydrogen-bond acceptors (Lipinski definition) is 8. The average Bonchev–Trinajstić information content (AvgIpc) is 3.22. The van der Waals surface area contributed by atoms with Gasteiger partial charge in [0.15, 0.2) is 6.10 Å². The molecule has 1 atom stereocenters. The molecule has 10 nitrogen and oxygen atoms in total. The van der Waals surface area contributed by atoms with Crippen molar-refractivity contribution in [2.75, 3.05) is 0 Å². The molecule has 3 aromatic rings. The number of nitro benzene ring substituents is 1. The van der Waals surface area contributed by atoms with Crippen LogP contribution in [0.3, 0.4) is 0 Å². The van der Waals surface area contributed by atoms with Crippen molar-refractivity contribution in [3.63, 3.8) is 0 Å². The molecule has 0 saturated heterocycles. The summed E-state index contributed by atoms with van der Waals surface area (Å²) in [5.74, 6) is -0.171. The fraction of sp³-hybridized carbons (Fsp3) is 0.294. The number of rotatable bonds is 6. The van der Waals surface area contributed by atoms with Crippen LogP contribution in [0.4, 0.5) is 5.69 Å². The summed E-state index contributed by atoms with van der Waals surface area (Å²) in [6.45, 7) is 5.29. The molecule has 3 rings (SSSR count). The van der Waals surface area contributed by atoms with Gasteiger partial charge in [-0.3, -0.25) is 19.6 Å². The van der Waals surface area contributed by atoms with Crippen molar-refractivity contribution < 1.29 is 18.9 Å². The molecular formula is C17H17N5O5. The second kappa shape index (κ2) is 7.36. The summed E-state index contributed by atoms with van der Waals surface area (Å²) in [7, 11) is 0. The van der Waals surface area contributed by atoms with Gasteiger partial charge in [-0.25, -0.2) is 0 Å². The third-order valence-electron chi connectivity index (χ3n) is 3.80. The zero-order valence-electron chi connectivity index (χ0n) is 14.9. The maximum atomic E-state index is 12.1. The van der Waals surface area contributed by atoms with E-state index in [0.717, 1.165) is 11.4 Å². The molecule has 1 aromatic carbocycles. The van der Waals surface area contributed by atoms with Gasteiger partial charge in [-0.2, -0.15) is 5.10 Å². The van der Waals surface area contributed by atoms with Gasteiger partial charge in [-0.15, -0.1) is 10.2 Å². The summed E-state index contributed by atoms with van der Waals surface area (Å²) in [6.07, 6.45) is -0.742. The molecule has 0 radical (unpaired) electrons. The fourth-order valence-electron chi connectivity index (χ4n) is 2.48. The van der Waals surface area contributed by atoms with E-state index in [1.807, 2.05) is 19.9 Å². The predicted octanol–water partition coefficient (Wildman–Crippen LogP) is 2.76. The minimum atomic E-state index is -0.742. The zero-order valence-corrected chi connectivity index (χ0v) is 14.9. The summed E-state index contributed by atoms with van der Waals surface area (Å²) in [6, 6.07) is 7.57. The number of aromatic nitrogens is 4. The monoisotopic (exact) mass is 371 g/mol. The molecule has 10 heteroatoms. The van der Waals surface area contributed by atoms with E-state index in [4.69, 9.17) is 9.15 Å². The third-order valence-corrected chi connectivity index (χ3v) is 3.80. The Kier molecular flexibility index (Phi) is 4.97. The Hall–Kier alpha value is -3.56. The SMILES string of the molecule is Cc1cc(C)n(CC(=O)OC(C)c2nnc(-c3ccc([N+](=O)[O-])cc3)o2)n1. The number of carbonyl (C=O) groups is 1. The molecule has 0 spiro atoms. The first-order valence-electron chi connectivity index (χ1n) is 8.12. The molecule has 140 valence electrons. The van der Waals surface area contributed by atoms with Gasteiger partial charge in [0.2, 0.25) is 5.89 Å². The second-order valence-electron chi connectivity index (χ2n) is 5.97. The standard InChI is InChI=1S/C17H17N5O5/c1-10-8-11(2)21(20-10)9-15(23)26-12(3)16-18-19-17(27-16)13-4-6-14(7-5-13)22(24)25/h4-8,12H,9H2,1-3H3. The van der Waals surface area contributed by atoms with Crippen LogP contribution in [-0.2, 0) is 16.1 Å². The quantitative estimate of drug-likeness (QED) is 0.368. The number of ether oxygens (including phenoxy) is 1. The molecule has 0 saturated carbocycles. The minimum absolute atomic E-state index is 0.0205. The van der Waals surface area contributed by atoms with Crippen molar-refractivity contribution in [1.82, 2.24) is 20.0 Å². The van der Waals surface area contributed by atoms with Crippen molar-refractivity contribution in [2.24, 2.45) is 0 Å². The summed E-state index contributed by atoms with van der Waals surface area (Å²) in [4.78, 5) is 22.3. The summed E-state index contributed by atoms with van der Waals surface area (Å²) >= 11 is 0. The molecule has 0 aliphatic carbocycles. The predicted molar refractivity (Wildman–Crippen MR) is 92.6 cm³/mol. The molecule has 1 unspecified atom stereocenters. The van der Waals surface area contributed by atoms with E-state index in [1.54, 1.807) is 11.6 Å². The lowest BCUT2D eigenvalue weighted by atomic mass is 10.2. The van der Waals surface area contributed by atoms with E-state index in [1.165, 1.54) is 24.3 Å². The Labute approximate surface area is 153 Å². The van der Waals surface area contributed by atoms with Crippen LogP contribution < -0.4 is 0 Å².